The number of carbonyl (C=O) groups is 1. The molecule has 0 radical (unpaired) electrons. The zero-order valence-corrected chi connectivity index (χ0v) is 18.7. The van der Waals surface area contributed by atoms with E-state index in [1.165, 1.54) is 11.1 Å². The van der Waals surface area contributed by atoms with Crippen LogP contribution in [0.5, 0.6) is 17.4 Å². The monoisotopic (exact) mass is 431 g/mol. The second-order valence-electron chi connectivity index (χ2n) is 7.84. The maximum atomic E-state index is 13.4. The van der Waals surface area contributed by atoms with Gasteiger partial charge in [-0.25, -0.2) is 4.98 Å². The van der Waals surface area contributed by atoms with Gasteiger partial charge >= 0.3 is 0 Å². The number of ether oxygens (including phenoxy) is 2. The highest BCUT2D eigenvalue weighted by atomic mass is 16.5. The molecule has 32 heavy (non-hydrogen) atoms. The van der Waals surface area contributed by atoms with E-state index < -0.39 is 0 Å². The maximum absolute atomic E-state index is 13.4. The molecule has 0 N–H and O–H groups in total. The average molecular weight is 432 g/mol. The summed E-state index contributed by atoms with van der Waals surface area (Å²) in [5, 5.41) is 0. The molecule has 6 nitrogen and oxygen atoms in total. The van der Waals surface area contributed by atoms with Gasteiger partial charge in [0.05, 0.1) is 0 Å². The van der Waals surface area contributed by atoms with Gasteiger partial charge in [-0.3, -0.25) is 9.69 Å². The average Bonchev–Trinajstić information content (AvgIpc) is 2.82. The highest BCUT2D eigenvalue weighted by molar-refractivity contribution is 5.96. The number of para-hydroxylation sites is 2. The number of hydrogen-bond donors (Lipinski definition) is 0. The van der Waals surface area contributed by atoms with E-state index in [1.54, 1.807) is 18.3 Å². The first-order chi connectivity index (χ1) is 15.7. The predicted molar refractivity (Wildman–Crippen MR) is 124 cm³/mol. The van der Waals surface area contributed by atoms with Crippen LogP contribution in [0, 0.1) is 6.92 Å². The summed E-state index contributed by atoms with van der Waals surface area (Å²) < 4.78 is 12.2. The summed E-state index contributed by atoms with van der Waals surface area (Å²) in [5.74, 6) is 1.40. The van der Waals surface area contributed by atoms with Crippen molar-refractivity contribution < 1.29 is 14.3 Å². The quantitative estimate of drug-likeness (QED) is 0.610. The highest BCUT2D eigenvalue weighted by Crippen LogP contribution is 2.32. The fourth-order valence-corrected chi connectivity index (χ4v) is 3.81. The third-order valence-electron chi connectivity index (χ3n) is 5.73. The Morgan fingerprint density at radius 2 is 1.72 bits per heavy atom. The van der Waals surface area contributed by atoms with E-state index in [2.05, 4.69) is 41.1 Å². The molecule has 0 spiro atoms. The van der Waals surface area contributed by atoms with Crippen LogP contribution in [0.25, 0.3) is 0 Å². The van der Waals surface area contributed by atoms with Crippen molar-refractivity contribution in [3.63, 3.8) is 0 Å². The lowest BCUT2D eigenvalue weighted by Crippen LogP contribution is -2.39. The Hall–Kier alpha value is -3.38. The van der Waals surface area contributed by atoms with Gasteiger partial charge in [-0.05, 0) is 49.2 Å². The molecule has 3 aromatic rings. The molecule has 0 aliphatic carbocycles. The fourth-order valence-electron chi connectivity index (χ4n) is 3.81. The Kier molecular flexibility index (Phi) is 7.02. The largest absolute Gasteiger partial charge is 0.488 e. The molecule has 0 fully saturated rings. The Morgan fingerprint density at radius 3 is 2.53 bits per heavy atom. The van der Waals surface area contributed by atoms with Gasteiger partial charge in [-0.15, -0.1) is 0 Å². The van der Waals surface area contributed by atoms with Crippen molar-refractivity contribution in [2.75, 3.05) is 32.8 Å². The smallest absolute Gasteiger partial charge is 0.259 e. The van der Waals surface area contributed by atoms with E-state index >= 15 is 0 Å². The van der Waals surface area contributed by atoms with Crippen LogP contribution in [-0.4, -0.2) is 53.5 Å². The minimum Gasteiger partial charge on any atom is -0.488 e. The Balaban J connectivity index is 1.65. The van der Waals surface area contributed by atoms with E-state index in [0.29, 0.717) is 42.6 Å². The first-order valence-electron chi connectivity index (χ1n) is 11.1. The number of amides is 1. The van der Waals surface area contributed by atoms with Crippen molar-refractivity contribution >= 4 is 5.91 Å². The first kappa shape index (κ1) is 21.8. The lowest BCUT2D eigenvalue weighted by molar-refractivity contribution is 0.0736. The Labute approximate surface area is 189 Å². The topological polar surface area (TPSA) is 54.9 Å². The summed E-state index contributed by atoms with van der Waals surface area (Å²) in [6, 6.07) is 19.4. The molecule has 4 rings (SSSR count). The van der Waals surface area contributed by atoms with Crippen LogP contribution in [0.1, 0.15) is 28.4 Å². The van der Waals surface area contributed by atoms with Gasteiger partial charge in [0.2, 0.25) is 5.88 Å². The van der Waals surface area contributed by atoms with Gasteiger partial charge in [0, 0.05) is 38.9 Å². The van der Waals surface area contributed by atoms with Crippen LogP contribution in [0.2, 0.25) is 0 Å². The Bertz CT molecular complexity index is 1070. The zero-order valence-electron chi connectivity index (χ0n) is 18.7. The van der Waals surface area contributed by atoms with Crippen LogP contribution >= 0.6 is 0 Å². The molecule has 6 heteroatoms. The highest BCUT2D eigenvalue weighted by Gasteiger charge is 2.22. The fraction of sp³-hybridized carbons (Fsp3) is 0.308. The maximum Gasteiger partial charge on any atom is 0.259 e. The second kappa shape index (κ2) is 10.3. The van der Waals surface area contributed by atoms with E-state index in [-0.39, 0.29) is 5.91 Å². The molecular formula is C26H29N3O3. The molecule has 2 aromatic carbocycles. The van der Waals surface area contributed by atoms with Gasteiger partial charge in [0.25, 0.3) is 5.91 Å². The number of aryl methyl sites for hydroxylation is 1. The number of carbonyl (C=O) groups excluding carboxylic acids is 1. The number of hydrogen-bond acceptors (Lipinski definition) is 5. The van der Waals surface area contributed by atoms with Crippen LogP contribution < -0.4 is 9.47 Å². The number of nitrogens with zero attached hydrogens (tertiary/aromatic N) is 3. The Morgan fingerprint density at radius 1 is 0.938 bits per heavy atom. The standard InChI is InChI=1S/C26H29N3O3/c1-3-29-16-15-28(19-21-10-5-4-9-20(21)2)17-18-31-23-12-6-7-13-24(23)32-25-22(26(29)30)11-8-14-27-25/h4-14H,3,15-19H2,1-2H3. The number of fused-ring (bicyclic) bond motifs is 2. The molecule has 166 valence electrons. The van der Waals surface area contributed by atoms with Crippen molar-refractivity contribution in [3.8, 4) is 17.4 Å². The molecule has 1 aliphatic rings. The van der Waals surface area contributed by atoms with Gasteiger partial charge in [-0.2, -0.15) is 0 Å². The molecule has 1 amide bonds. The predicted octanol–water partition coefficient (Wildman–Crippen LogP) is 4.54. The van der Waals surface area contributed by atoms with Gasteiger partial charge < -0.3 is 14.4 Å². The van der Waals surface area contributed by atoms with Gasteiger partial charge in [0.1, 0.15) is 12.2 Å². The van der Waals surface area contributed by atoms with Crippen molar-refractivity contribution in [2.45, 2.75) is 20.4 Å². The van der Waals surface area contributed by atoms with E-state index in [4.69, 9.17) is 9.47 Å². The number of pyridine rings is 1. The third-order valence-corrected chi connectivity index (χ3v) is 5.73. The van der Waals surface area contributed by atoms with Crippen LogP contribution in [0.4, 0.5) is 0 Å². The van der Waals surface area contributed by atoms with Crippen molar-refractivity contribution in [3.05, 3.63) is 83.6 Å². The summed E-state index contributed by atoms with van der Waals surface area (Å²) in [6.07, 6.45) is 1.63. The molecule has 0 bridgehead atoms. The summed E-state index contributed by atoms with van der Waals surface area (Å²) >= 11 is 0. The first-order valence-corrected chi connectivity index (χ1v) is 11.1. The van der Waals surface area contributed by atoms with Crippen molar-refractivity contribution in [1.82, 2.24) is 14.8 Å². The van der Waals surface area contributed by atoms with Crippen molar-refractivity contribution in [1.29, 1.82) is 0 Å². The van der Waals surface area contributed by atoms with Gasteiger partial charge in [-0.1, -0.05) is 36.4 Å². The number of aromatic nitrogens is 1. The van der Waals surface area contributed by atoms with E-state index in [1.807, 2.05) is 36.1 Å². The minimum atomic E-state index is -0.0795. The molecule has 0 atom stereocenters. The number of benzene rings is 2. The zero-order chi connectivity index (χ0) is 22.3. The number of likely N-dealkylation sites (N-methyl/N-ethyl adjacent to an activating group) is 1. The number of rotatable bonds is 3. The second-order valence-corrected chi connectivity index (χ2v) is 7.84. The van der Waals surface area contributed by atoms with E-state index in [9.17, 15) is 4.79 Å². The van der Waals surface area contributed by atoms with Crippen LogP contribution in [0.3, 0.4) is 0 Å². The molecule has 1 aliphatic heterocycles. The van der Waals surface area contributed by atoms with Crippen molar-refractivity contribution in [2.24, 2.45) is 0 Å². The molecule has 1 aromatic heterocycles. The van der Waals surface area contributed by atoms with Gasteiger partial charge in [0.15, 0.2) is 11.5 Å². The summed E-state index contributed by atoms with van der Waals surface area (Å²) in [5.41, 5.74) is 3.00. The molecule has 0 saturated heterocycles. The van der Waals surface area contributed by atoms with E-state index in [0.717, 1.165) is 19.6 Å². The minimum absolute atomic E-state index is 0.0795. The summed E-state index contributed by atoms with van der Waals surface area (Å²) in [4.78, 5) is 21.9. The SMILES string of the molecule is CCN1CCN(Cc2ccccc2C)CCOc2ccccc2Oc2ncccc2C1=O. The molecule has 0 saturated carbocycles. The third kappa shape index (κ3) is 5.08. The lowest BCUT2D eigenvalue weighted by atomic mass is 10.1. The molecular weight excluding hydrogens is 402 g/mol. The van der Waals surface area contributed by atoms with Crippen LogP contribution in [-0.2, 0) is 6.54 Å². The molecule has 0 unspecified atom stereocenters. The molecule has 2 heterocycles. The lowest BCUT2D eigenvalue weighted by Gasteiger charge is -2.27. The summed E-state index contributed by atoms with van der Waals surface area (Å²) in [7, 11) is 0. The van der Waals surface area contributed by atoms with Crippen LogP contribution in [0.15, 0.2) is 66.9 Å². The normalized spacial score (nSPS) is 15.3. The summed E-state index contributed by atoms with van der Waals surface area (Å²) in [6.45, 7) is 8.15.